The van der Waals surface area contributed by atoms with Crippen LogP contribution in [0.2, 0.25) is 0 Å². The van der Waals surface area contributed by atoms with E-state index in [1.54, 1.807) is 12.1 Å². The second-order valence-electron chi connectivity index (χ2n) is 3.28. The van der Waals surface area contributed by atoms with E-state index in [4.69, 9.17) is 5.11 Å². The molecule has 0 aliphatic rings. The second kappa shape index (κ2) is 4.13. The molecule has 0 saturated heterocycles. The molecule has 0 aliphatic carbocycles. The first kappa shape index (κ1) is 9.85. The van der Waals surface area contributed by atoms with Crippen LogP contribution in [-0.4, -0.2) is 5.11 Å². The maximum absolute atomic E-state index is 9.12. The van der Waals surface area contributed by atoms with Crippen molar-refractivity contribution in [1.29, 1.82) is 0 Å². The van der Waals surface area contributed by atoms with Gasteiger partial charge in [0, 0.05) is 0 Å². The van der Waals surface area contributed by atoms with E-state index in [2.05, 4.69) is 20.8 Å². The summed E-state index contributed by atoms with van der Waals surface area (Å²) in [5.74, 6) is 0.306. The Hall–Kier alpha value is -1.24. The molecule has 0 unspecified atom stereocenters. The molecule has 0 atom stereocenters. The Balaban J connectivity index is 3.07. The summed E-state index contributed by atoms with van der Waals surface area (Å²) in [6, 6.07) is 7.24. The topological polar surface area (TPSA) is 20.2 Å². The van der Waals surface area contributed by atoms with Gasteiger partial charge < -0.3 is 5.11 Å². The number of phenolic OH excluding ortho intramolecular Hbond substituents is 1. The zero-order valence-corrected chi connectivity index (χ0v) is 8.17. The number of hydrogen-bond donors (Lipinski definition) is 1. The molecule has 0 bridgehead atoms. The molecule has 1 nitrogen and oxygen atoms in total. The molecule has 1 aromatic carbocycles. The first-order valence-electron chi connectivity index (χ1n) is 4.40. The summed E-state index contributed by atoms with van der Waals surface area (Å²) < 4.78 is 0. The van der Waals surface area contributed by atoms with Crippen molar-refractivity contribution in [2.24, 2.45) is 0 Å². The quantitative estimate of drug-likeness (QED) is 0.730. The van der Waals surface area contributed by atoms with Crippen LogP contribution in [0.4, 0.5) is 0 Å². The van der Waals surface area contributed by atoms with Crippen molar-refractivity contribution >= 4 is 5.57 Å². The Kier molecular flexibility index (Phi) is 3.13. The second-order valence-corrected chi connectivity index (χ2v) is 3.28. The minimum absolute atomic E-state index is 0.306. The van der Waals surface area contributed by atoms with Gasteiger partial charge in [0.2, 0.25) is 0 Å². The average molecular weight is 175 g/mol. The van der Waals surface area contributed by atoms with Crippen LogP contribution >= 0.6 is 0 Å². The van der Waals surface area contributed by atoms with Gasteiger partial charge in [-0.2, -0.15) is 0 Å². The van der Waals surface area contributed by atoms with Gasteiger partial charge in [0.15, 0.2) is 0 Å². The summed E-state index contributed by atoms with van der Waals surface area (Å²) in [4.78, 5) is 0. The maximum atomic E-state index is 9.12. The van der Waals surface area contributed by atoms with Crippen molar-refractivity contribution in [2.75, 3.05) is 0 Å². The monoisotopic (exact) mass is 175 g/mol. The van der Waals surface area contributed by atoms with Gasteiger partial charge in [-0.15, -0.1) is 0 Å². The van der Waals surface area contributed by atoms with Crippen LogP contribution < -0.4 is 0 Å². The van der Waals surface area contributed by atoms with E-state index in [1.807, 2.05) is 12.1 Å². The van der Waals surface area contributed by atoms with Crippen LogP contribution in [0, 0.1) is 6.92 Å². The van der Waals surface area contributed by atoms with Crippen LogP contribution in [0.1, 0.15) is 25.8 Å². The highest BCUT2D eigenvalue weighted by molar-refractivity contribution is 5.68. The van der Waals surface area contributed by atoms with Crippen LogP contribution in [0.25, 0.3) is 5.57 Å². The third kappa shape index (κ3) is 2.35. The van der Waals surface area contributed by atoms with Gasteiger partial charge in [0.05, 0.1) is 0 Å². The fourth-order valence-electron chi connectivity index (χ4n) is 1.35. The molecular weight excluding hydrogens is 160 g/mol. The Morgan fingerprint density at radius 3 is 2.15 bits per heavy atom. The van der Waals surface area contributed by atoms with Gasteiger partial charge in [0.1, 0.15) is 5.75 Å². The summed E-state index contributed by atoms with van der Waals surface area (Å²) in [5, 5.41) is 9.12. The highest BCUT2D eigenvalue weighted by Crippen LogP contribution is 2.23. The molecule has 0 aromatic heterocycles. The first-order chi connectivity index (χ1) is 6.15. The van der Waals surface area contributed by atoms with E-state index < -0.39 is 0 Å². The van der Waals surface area contributed by atoms with Crippen LogP contribution in [0.3, 0.4) is 0 Å². The molecule has 69 valence electrons. The van der Waals surface area contributed by atoms with Crippen molar-refractivity contribution < 1.29 is 5.11 Å². The summed E-state index contributed by atoms with van der Waals surface area (Å²) >= 11 is 0. The standard InChI is InChI=1S/C12H15O/c1-4-12(9(2)3)10-5-7-11(13)8-6-10/h5-8,13H,1,4H2,2-3H3. The number of hydrogen-bond acceptors (Lipinski definition) is 1. The molecule has 0 amide bonds. The number of allylic oxidation sites excluding steroid dienone is 2. The Morgan fingerprint density at radius 2 is 1.77 bits per heavy atom. The first-order valence-corrected chi connectivity index (χ1v) is 4.40. The molecule has 1 heteroatoms. The van der Waals surface area contributed by atoms with Crippen molar-refractivity contribution in [3.05, 3.63) is 42.3 Å². The van der Waals surface area contributed by atoms with Crippen LogP contribution in [-0.2, 0) is 0 Å². The SMILES string of the molecule is [CH2]CC(=C(C)C)c1ccc(O)cc1. The lowest BCUT2D eigenvalue weighted by molar-refractivity contribution is 0.475. The predicted octanol–water partition coefficient (Wildman–Crippen LogP) is 3.41. The van der Waals surface area contributed by atoms with Crippen LogP contribution in [0.15, 0.2) is 29.8 Å². The molecule has 0 saturated carbocycles. The van der Waals surface area contributed by atoms with E-state index in [1.165, 1.54) is 11.1 Å². The molecule has 0 heterocycles. The van der Waals surface area contributed by atoms with Gasteiger partial charge in [-0.05, 0) is 50.5 Å². The smallest absolute Gasteiger partial charge is 0.115 e. The predicted molar refractivity (Wildman–Crippen MR) is 56.3 cm³/mol. The summed E-state index contributed by atoms with van der Waals surface area (Å²) in [5.41, 5.74) is 3.67. The normalized spacial score (nSPS) is 9.77. The van der Waals surface area contributed by atoms with Gasteiger partial charge in [-0.3, -0.25) is 0 Å². The van der Waals surface area contributed by atoms with E-state index in [0.717, 1.165) is 12.0 Å². The molecule has 1 rings (SSSR count). The minimum atomic E-state index is 0.306. The van der Waals surface area contributed by atoms with Crippen LogP contribution in [0.5, 0.6) is 5.75 Å². The van der Waals surface area contributed by atoms with Crippen molar-refractivity contribution in [3.63, 3.8) is 0 Å². The molecule has 0 spiro atoms. The van der Waals surface area contributed by atoms with Gasteiger partial charge in [0.25, 0.3) is 0 Å². The third-order valence-corrected chi connectivity index (χ3v) is 2.07. The summed E-state index contributed by atoms with van der Waals surface area (Å²) in [7, 11) is 0. The van der Waals surface area contributed by atoms with Crippen molar-refractivity contribution in [1.82, 2.24) is 0 Å². The molecule has 1 aromatic rings. The summed E-state index contributed by atoms with van der Waals surface area (Å²) in [6.45, 7) is 8.04. The fourth-order valence-corrected chi connectivity index (χ4v) is 1.35. The molecule has 1 N–H and O–H groups in total. The molecular formula is C12H15O. The molecule has 13 heavy (non-hydrogen) atoms. The van der Waals surface area contributed by atoms with E-state index in [0.29, 0.717) is 5.75 Å². The highest BCUT2D eigenvalue weighted by Gasteiger charge is 2.00. The van der Waals surface area contributed by atoms with E-state index >= 15 is 0 Å². The van der Waals surface area contributed by atoms with Gasteiger partial charge in [-0.25, -0.2) is 0 Å². The largest absolute Gasteiger partial charge is 0.508 e. The maximum Gasteiger partial charge on any atom is 0.115 e. The lowest BCUT2D eigenvalue weighted by atomic mass is 9.99. The van der Waals surface area contributed by atoms with Crippen molar-refractivity contribution in [3.8, 4) is 5.75 Å². The Morgan fingerprint density at radius 1 is 1.23 bits per heavy atom. The number of aromatic hydroxyl groups is 1. The van der Waals surface area contributed by atoms with E-state index in [9.17, 15) is 0 Å². The van der Waals surface area contributed by atoms with Gasteiger partial charge in [-0.1, -0.05) is 17.7 Å². The third-order valence-electron chi connectivity index (χ3n) is 2.07. The highest BCUT2D eigenvalue weighted by atomic mass is 16.3. The lowest BCUT2D eigenvalue weighted by Gasteiger charge is -2.07. The fraction of sp³-hybridized carbons (Fsp3) is 0.250. The number of phenols is 1. The number of benzene rings is 1. The molecule has 0 fully saturated rings. The minimum Gasteiger partial charge on any atom is -0.508 e. The van der Waals surface area contributed by atoms with Gasteiger partial charge >= 0.3 is 0 Å². The number of rotatable bonds is 2. The molecule has 1 radical (unpaired) electrons. The lowest BCUT2D eigenvalue weighted by Crippen LogP contribution is -1.85. The zero-order chi connectivity index (χ0) is 9.84. The Bertz CT molecular complexity index is 302. The van der Waals surface area contributed by atoms with Crippen molar-refractivity contribution in [2.45, 2.75) is 20.3 Å². The Labute approximate surface area is 79.7 Å². The summed E-state index contributed by atoms with van der Waals surface area (Å²) in [6.07, 6.45) is 0.785. The zero-order valence-electron chi connectivity index (χ0n) is 8.17. The average Bonchev–Trinajstić information content (AvgIpc) is 2.09. The van der Waals surface area contributed by atoms with E-state index in [-0.39, 0.29) is 0 Å². The molecule has 0 aliphatic heterocycles.